The molecule has 1 aliphatic rings. The van der Waals surface area contributed by atoms with E-state index in [9.17, 15) is 4.79 Å². The molecule has 7 nitrogen and oxygen atoms in total. The summed E-state index contributed by atoms with van der Waals surface area (Å²) in [6.45, 7) is 5.93. The number of carbonyl (C=O) groups excluding carboxylic acids is 1. The van der Waals surface area contributed by atoms with Crippen molar-refractivity contribution < 1.29 is 9.53 Å². The lowest BCUT2D eigenvalue weighted by Crippen LogP contribution is -2.08. The van der Waals surface area contributed by atoms with Gasteiger partial charge in [0.05, 0.1) is 18.7 Å². The van der Waals surface area contributed by atoms with Gasteiger partial charge >= 0.3 is 5.97 Å². The minimum Gasteiger partial charge on any atom is -0.466 e. The normalized spacial score (nSPS) is 20.3. The van der Waals surface area contributed by atoms with Crippen molar-refractivity contribution in [2.75, 3.05) is 6.61 Å². The van der Waals surface area contributed by atoms with Gasteiger partial charge in [-0.05, 0) is 44.7 Å². The van der Waals surface area contributed by atoms with Gasteiger partial charge < -0.3 is 4.74 Å². The van der Waals surface area contributed by atoms with E-state index in [1.807, 2.05) is 26.8 Å². The highest BCUT2D eigenvalue weighted by atomic mass is 16.5. The Bertz CT molecular complexity index is 682. The van der Waals surface area contributed by atoms with Crippen molar-refractivity contribution in [2.24, 2.45) is 5.92 Å². The molecule has 0 bridgehead atoms. The summed E-state index contributed by atoms with van der Waals surface area (Å²) in [5, 5.41) is 12.4. The third kappa shape index (κ3) is 2.63. The molecular weight excluding hydrogens is 270 g/mol. The first-order valence-corrected chi connectivity index (χ1v) is 7.00. The van der Waals surface area contributed by atoms with Crippen LogP contribution < -0.4 is 0 Å². The topological polar surface area (TPSA) is 82.8 Å². The van der Waals surface area contributed by atoms with Crippen LogP contribution in [0.1, 0.15) is 36.5 Å². The lowest BCUT2D eigenvalue weighted by Gasteiger charge is -2.04. The Kier molecular flexibility index (Phi) is 3.40. The number of esters is 1. The van der Waals surface area contributed by atoms with Gasteiger partial charge in [0.2, 0.25) is 0 Å². The van der Waals surface area contributed by atoms with Crippen LogP contribution in [0.25, 0.3) is 5.82 Å². The second-order valence-corrected chi connectivity index (χ2v) is 5.17. The van der Waals surface area contributed by atoms with Crippen LogP contribution in [0.4, 0.5) is 0 Å². The van der Waals surface area contributed by atoms with Gasteiger partial charge in [-0.1, -0.05) is 0 Å². The number of ether oxygens (including phenoxy) is 1. The van der Waals surface area contributed by atoms with Crippen LogP contribution in [0.3, 0.4) is 0 Å². The average molecular weight is 287 g/mol. The lowest BCUT2D eigenvalue weighted by atomic mass is 10.1. The number of nitrogens with zero attached hydrogens (tertiary/aromatic N) is 5. The molecule has 7 heteroatoms. The van der Waals surface area contributed by atoms with E-state index in [0.29, 0.717) is 18.2 Å². The highest BCUT2D eigenvalue weighted by molar-refractivity contribution is 5.77. The first-order chi connectivity index (χ1) is 10.1. The summed E-state index contributed by atoms with van der Waals surface area (Å²) in [5.41, 5.74) is 0.991. The molecule has 2 aromatic heterocycles. The maximum Gasteiger partial charge on any atom is 0.309 e. The van der Waals surface area contributed by atoms with Gasteiger partial charge in [0.15, 0.2) is 5.82 Å². The molecule has 0 saturated heterocycles. The highest BCUT2D eigenvalue weighted by Gasteiger charge is 2.45. The molecule has 0 N–H and O–H groups in total. The SMILES string of the molecule is CCOC(=O)[C@H]1CC1c1cnnc(-n2nc(C)nc2C)c1. The molecule has 110 valence electrons. The Labute approximate surface area is 122 Å². The zero-order valence-corrected chi connectivity index (χ0v) is 12.3. The molecule has 1 saturated carbocycles. The van der Waals surface area contributed by atoms with E-state index >= 15 is 0 Å². The van der Waals surface area contributed by atoms with Crippen molar-refractivity contribution >= 4 is 5.97 Å². The van der Waals surface area contributed by atoms with Gasteiger partial charge in [0.25, 0.3) is 0 Å². The minimum absolute atomic E-state index is 0.0550. The number of aromatic nitrogens is 5. The molecule has 2 heterocycles. The predicted octanol–water partition coefficient (Wildman–Crippen LogP) is 1.34. The quantitative estimate of drug-likeness (QED) is 0.789. The van der Waals surface area contributed by atoms with Gasteiger partial charge in [0, 0.05) is 0 Å². The predicted molar refractivity (Wildman–Crippen MR) is 73.9 cm³/mol. The first-order valence-electron chi connectivity index (χ1n) is 7.00. The number of hydrogen-bond acceptors (Lipinski definition) is 6. The molecule has 21 heavy (non-hydrogen) atoms. The molecule has 0 aliphatic heterocycles. The van der Waals surface area contributed by atoms with Gasteiger partial charge in [-0.2, -0.15) is 9.78 Å². The fourth-order valence-electron chi connectivity index (χ4n) is 2.49. The van der Waals surface area contributed by atoms with Crippen molar-refractivity contribution in [2.45, 2.75) is 33.1 Å². The van der Waals surface area contributed by atoms with Crippen molar-refractivity contribution in [1.82, 2.24) is 25.0 Å². The standard InChI is InChI=1S/C14H17N5O2/c1-4-21-14(20)12-6-11(12)10-5-13(17-15-7-10)19-9(3)16-8(2)18-19/h5,7,11-12H,4,6H2,1-3H3/t11?,12-/m0/s1. The highest BCUT2D eigenvalue weighted by Crippen LogP contribution is 2.48. The van der Waals surface area contributed by atoms with Crippen molar-refractivity contribution in [1.29, 1.82) is 0 Å². The van der Waals surface area contributed by atoms with Crippen LogP contribution in [0, 0.1) is 19.8 Å². The minimum atomic E-state index is -0.131. The van der Waals surface area contributed by atoms with Crippen LogP contribution in [-0.4, -0.2) is 37.5 Å². The summed E-state index contributed by atoms with van der Waals surface area (Å²) in [6.07, 6.45) is 2.51. The molecule has 0 spiro atoms. The van der Waals surface area contributed by atoms with E-state index in [1.54, 1.807) is 10.9 Å². The molecule has 2 atom stereocenters. The lowest BCUT2D eigenvalue weighted by molar-refractivity contribution is -0.144. The second kappa shape index (κ2) is 5.23. The van der Waals surface area contributed by atoms with E-state index < -0.39 is 0 Å². The third-order valence-corrected chi connectivity index (χ3v) is 3.56. The Morgan fingerprint density at radius 1 is 1.48 bits per heavy atom. The van der Waals surface area contributed by atoms with E-state index in [0.717, 1.165) is 17.8 Å². The zero-order valence-electron chi connectivity index (χ0n) is 12.3. The molecule has 1 unspecified atom stereocenters. The number of carbonyl (C=O) groups is 1. The van der Waals surface area contributed by atoms with Crippen molar-refractivity contribution in [3.8, 4) is 5.82 Å². The fraction of sp³-hybridized carbons (Fsp3) is 0.500. The van der Waals surface area contributed by atoms with E-state index in [-0.39, 0.29) is 17.8 Å². The van der Waals surface area contributed by atoms with E-state index in [4.69, 9.17) is 4.74 Å². The largest absolute Gasteiger partial charge is 0.466 e. The number of aryl methyl sites for hydroxylation is 2. The molecule has 3 rings (SSSR count). The summed E-state index contributed by atoms with van der Waals surface area (Å²) in [5.74, 6) is 2.06. The summed E-state index contributed by atoms with van der Waals surface area (Å²) < 4.78 is 6.71. The van der Waals surface area contributed by atoms with Gasteiger partial charge in [0.1, 0.15) is 11.6 Å². The van der Waals surface area contributed by atoms with Crippen LogP contribution in [0.5, 0.6) is 0 Å². The van der Waals surface area contributed by atoms with Crippen LogP contribution in [-0.2, 0) is 9.53 Å². The summed E-state index contributed by atoms with van der Waals surface area (Å²) in [4.78, 5) is 16.0. The van der Waals surface area contributed by atoms with E-state index in [1.165, 1.54) is 0 Å². The Morgan fingerprint density at radius 2 is 2.29 bits per heavy atom. The first kappa shape index (κ1) is 13.7. The molecule has 1 fully saturated rings. The van der Waals surface area contributed by atoms with Crippen molar-refractivity contribution in [3.05, 3.63) is 29.5 Å². The van der Waals surface area contributed by atoms with Crippen molar-refractivity contribution in [3.63, 3.8) is 0 Å². The second-order valence-electron chi connectivity index (χ2n) is 5.17. The molecular formula is C14H17N5O2. The average Bonchev–Trinajstić information content (AvgIpc) is 3.19. The molecule has 0 aromatic carbocycles. The van der Waals surface area contributed by atoms with Crippen LogP contribution in [0.15, 0.2) is 12.3 Å². The fourth-order valence-corrected chi connectivity index (χ4v) is 2.49. The Hall–Kier alpha value is -2.31. The molecule has 0 radical (unpaired) electrons. The molecule has 2 aromatic rings. The summed E-state index contributed by atoms with van der Waals surface area (Å²) >= 11 is 0. The number of rotatable bonds is 4. The Morgan fingerprint density at radius 3 is 2.95 bits per heavy atom. The summed E-state index contributed by atoms with van der Waals surface area (Å²) in [6, 6.07) is 1.91. The van der Waals surface area contributed by atoms with Gasteiger partial charge in [-0.3, -0.25) is 4.79 Å². The number of hydrogen-bond donors (Lipinski definition) is 0. The maximum atomic E-state index is 11.7. The zero-order chi connectivity index (χ0) is 15.0. The molecule has 0 amide bonds. The smallest absolute Gasteiger partial charge is 0.309 e. The molecule has 1 aliphatic carbocycles. The van der Waals surface area contributed by atoms with Gasteiger partial charge in [-0.25, -0.2) is 4.98 Å². The van der Waals surface area contributed by atoms with Gasteiger partial charge in [-0.15, -0.1) is 10.2 Å². The maximum absolute atomic E-state index is 11.7. The monoisotopic (exact) mass is 287 g/mol. The Balaban J connectivity index is 1.82. The third-order valence-electron chi connectivity index (χ3n) is 3.56. The van der Waals surface area contributed by atoms with Crippen LogP contribution in [0.2, 0.25) is 0 Å². The summed E-state index contributed by atoms with van der Waals surface area (Å²) in [7, 11) is 0. The van der Waals surface area contributed by atoms with Crippen LogP contribution >= 0.6 is 0 Å². The van der Waals surface area contributed by atoms with E-state index in [2.05, 4.69) is 20.3 Å².